The summed E-state index contributed by atoms with van der Waals surface area (Å²) in [6, 6.07) is 0. The molecule has 0 heterocycles. The lowest BCUT2D eigenvalue weighted by atomic mass is 9.83. The van der Waals surface area contributed by atoms with E-state index in [1.54, 1.807) is 0 Å². The highest BCUT2D eigenvalue weighted by molar-refractivity contribution is 5.72. The van der Waals surface area contributed by atoms with Crippen LogP contribution in [0.25, 0.3) is 0 Å². The second kappa shape index (κ2) is 5.75. The molecule has 0 unspecified atom stereocenters. The number of rotatable bonds is 4. The van der Waals surface area contributed by atoms with E-state index in [-0.39, 0.29) is 31.0 Å². The van der Waals surface area contributed by atoms with Crippen LogP contribution in [0.2, 0.25) is 0 Å². The number of aldehydes is 1. The van der Waals surface area contributed by atoms with E-state index in [9.17, 15) is 9.59 Å². The summed E-state index contributed by atoms with van der Waals surface area (Å²) in [4.78, 5) is 21.8. The third-order valence-electron chi connectivity index (χ3n) is 2.63. The molecule has 0 aromatic carbocycles. The van der Waals surface area contributed by atoms with Crippen LogP contribution in [0.15, 0.2) is 0 Å². The summed E-state index contributed by atoms with van der Waals surface area (Å²) in [5, 5.41) is 8.47. The Labute approximate surface area is 83.2 Å². The van der Waals surface area contributed by atoms with Gasteiger partial charge >= 0.3 is 5.97 Å². The minimum absolute atomic E-state index is 0.0715. The van der Waals surface area contributed by atoms with Crippen molar-refractivity contribution in [1.29, 1.82) is 0 Å². The minimum atomic E-state index is -0.233. The van der Waals surface area contributed by atoms with E-state index < -0.39 is 0 Å². The van der Waals surface area contributed by atoms with E-state index in [0.29, 0.717) is 0 Å². The van der Waals surface area contributed by atoms with E-state index in [2.05, 4.69) is 0 Å². The molecule has 0 spiro atoms. The standard InChI is InChI=1S/C10H16O4/c11-5-6-14-10(13)9-3-1-8(7-12)2-4-9/h7-9,11H,1-6H2. The van der Waals surface area contributed by atoms with Gasteiger partial charge in [0.2, 0.25) is 0 Å². The Hall–Kier alpha value is -0.900. The molecule has 0 aromatic heterocycles. The molecule has 1 rings (SSSR count). The molecule has 14 heavy (non-hydrogen) atoms. The Morgan fingerprint density at radius 3 is 2.50 bits per heavy atom. The minimum Gasteiger partial charge on any atom is -0.463 e. The van der Waals surface area contributed by atoms with Crippen LogP contribution >= 0.6 is 0 Å². The lowest BCUT2D eigenvalue weighted by Gasteiger charge is -2.23. The van der Waals surface area contributed by atoms with Crippen LogP contribution < -0.4 is 0 Å². The molecule has 0 aromatic rings. The maximum atomic E-state index is 11.3. The first-order valence-electron chi connectivity index (χ1n) is 5.00. The third kappa shape index (κ3) is 3.10. The van der Waals surface area contributed by atoms with Gasteiger partial charge in [0.15, 0.2) is 0 Å². The molecular weight excluding hydrogens is 184 g/mol. The molecule has 4 heteroatoms. The molecule has 0 aliphatic heterocycles. The number of ether oxygens (including phenoxy) is 1. The highest BCUT2D eigenvalue weighted by Crippen LogP contribution is 2.28. The predicted octanol–water partition coefficient (Wildman–Crippen LogP) is 0.527. The molecule has 1 saturated carbocycles. The first-order chi connectivity index (χ1) is 6.77. The van der Waals surface area contributed by atoms with Crippen molar-refractivity contribution in [1.82, 2.24) is 0 Å². The van der Waals surface area contributed by atoms with Crippen molar-refractivity contribution in [2.24, 2.45) is 11.8 Å². The largest absolute Gasteiger partial charge is 0.463 e. The molecule has 0 radical (unpaired) electrons. The highest BCUT2D eigenvalue weighted by Gasteiger charge is 2.26. The van der Waals surface area contributed by atoms with E-state index >= 15 is 0 Å². The van der Waals surface area contributed by atoms with Crippen molar-refractivity contribution in [2.75, 3.05) is 13.2 Å². The normalized spacial score (nSPS) is 26.9. The van der Waals surface area contributed by atoms with Gasteiger partial charge in [0.1, 0.15) is 12.9 Å². The zero-order valence-corrected chi connectivity index (χ0v) is 8.15. The van der Waals surface area contributed by atoms with E-state index in [1.807, 2.05) is 0 Å². The molecule has 1 aliphatic carbocycles. The summed E-state index contributed by atoms with van der Waals surface area (Å²) < 4.78 is 4.82. The molecule has 0 saturated heterocycles. The van der Waals surface area contributed by atoms with Crippen LogP contribution in [0.5, 0.6) is 0 Å². The predicted molar refractivity (Wildman–Crippen MR) is 49.6 cm³/mol. The Bertz CT molecular complexity index is 194. The Morgan fingerprint density at radius 2 is 2.00 bits per heavy atom. The molecule has 1 fully saturated rings. The van der Waals surface area contributed by atoms with Crippen LogP contribution in [-0.2, 0) is 14.3 Å². The van der Waals surface area contributed by atoms with Gasteiger partial charge < -0.3 is 14.6 Å². The SMILES string of the molecule is O=CC1CCC(C(=O)OCCO)CC1. The van der Waals surface area contributed by atoms with Gasteiger partial charge in [-0.3, -0.25) is 4.79 Å². The van der Waals surface area contributed by atoms with Gasteiger partial charge in [-0.2, -0.15) is 0 Å². The Morgan fingerprint density at radius 1 is 1.36 bits per heavy atom. The van der Waals surface area contributed by atoms with Gasteiger partial charge in [-0.15, -0.1) is 0 Å². The quantitative estimate of drug-likeness (QED) is 0.531. The number of carbonyl (C=O) groups excluding carboxylic acids is 2. The Balaban J connectivity index is 2.26. The van der Waals surface area contributed by atoms with Crippen molar-refractivity contribution < 1.29 is 19.4 Å². The van der Waals surface area contributed by atoms with Gasteiger partial charge in [0, 0.05) is 5.92 Å². The molecular formula is C10H16O4. The average molecular weight is 200 g/mol. The summed E-state index contributed by atoms with van der Waals surface area (Å²) in [5.41, 5.74) is 0. The zero-order valence-electron chi connectivity index (χ0n) is 8.15. The van der Waals surface area contributed by atoms with Crippen molar-refractivity contribution >= 4 is 12.3 Å². The number of aliphatic hydroxyl groups excluding tert-OH is 1. The van der Waals surface area contributed by atoms with Gasteiger partial charge in [-0.05, 0) is 25.7 Å². The van der Waals surface area contributed by atoms with Crippen molar-refractivity contribution in [3.8, 4) is 0 Å². The van der Waals surface area contributed by atoms with Gasteiger partial charge in [-0.1, -0.05) is 0 Å². The zero-order chi connectivity index (χ0) is 10.4. The third-order valence-corrected chi connectivity index (χ3v) is 2.63. The fourth-order valence-electron chi connectivity index (χ4n) is 1.76. The lowest BCUT2D eigenvalue weighted by molar-refractivity contribution is -0.151. The monoisotopic (exact) mass is 200 g/mol. The van der Waals surface area contributed by atoms with Gasteiger partial charge in [-0.25, -0.2) is 0 Å². The van der Waals surface area contributed by atoms with Crippen LogP contribution in [0, 0.1) is 11.8 Å². The second-order valence-electron chi connectivity index (χ2n) is 3.64. The maximum Gasteiger partial charge on any atom is 0.309 e. The van der Waals surface area contributed by atoms with Crippen LogP contribution in [0.4, 0.5) is 0 Å². The van der Waals surface area contributed by atoms with Gasteiger partial charge in [0.05, 0.1) is 12.5 Å². The topological polar surface area (TPSA) is 63.6 Å². The average Bonchev–Trinajstić information content (AvgIpc) is 2.26. The smallest absolute Gasteiger partial charge is 0.309 e. The van der Waals surface area contributed by atoms with Crippen LogP contribution in [-0.4, -0.2) is 30.6 Å². The summed E-state index contributed by atoms with van der Waals surface area (Å²) in [6.07, 6.45) is 3.99. The van der Waals surface area contributed by atoms with Crippen LogP contribution in [0.1, 0.15) is 25.7 Å². The summed E-state index contributed by atoms with van der Waals surface area (Å²) in [5.74, 6) is -0.182. The van der Waals surface area contributed by atoms with Crippen molar-refractivity contribution in [2.45, 2.75) is 25.7 Å². The fourth-order valence-corrected chi connectivity index (χ4v) is 1.76. The molecule has 1 aliphatic rings. The molecule has 0 bridgehead atoms. The number of carbonyl (C=O) groups is 2. The van der Waals surface area contributed by atoms with Crippen LogP contribution in [0.3, 0.4) is 0 Å². The molecule has 4 nitrogen and oxygen atoms in total. The highest BCUT2D eigenvalue weighted by atomic mass is 16.5. The molecule has 1 N–H and O–H groups in total. The van der Waals surface area contributed by atoms with Crippen molar-refractivity contribution in [3.05, 3.63) is 0 Å². The van der Waals surface area contributed by atoms with Gasteiger partial charge in [0.25, 0.3) is 0 Å². The summed E-state index contributed by atoms with van der Waals surface area (Å²) in [6.45, 7) is -0.0537. The first-order valence-corrected chi connectivity index (χ1v) is 5.00. The van der Waals surface area contributed by atoms with E-state index in [1.165, 1.54) is 0 Å². The summed E-state index contributed by atoms with van der Waals surface area (Å²) >= 11 is 0. The second-order valence-corrected chi connectivity index (χ2v) is 3.64. The van der Waals surface area contributed by atoms with Crippen molar-refractivity contribution in [3.63, 3.8) is 0 Å². The molecule has 0 amide bonds. The Kier molecular flexibility index (Phi) is 4.59. The number of esters is 1. The van der Waals surface area contributed by atoms with E-state index in [4.69, 9.17) is 9.84 Å². The molecule has 80 valence electrons. The molecule has 0 atom stereocenters. The first kappa shape index (κ1) is 11.2. The lowest BCUT2D eigenvalue weighted by Crippen LogP contribution is -2.25. The number of aliphatic hydroxyl groups is 1. The number of hydrogen-bond donors (Lipinski definition) is 1. The number of hydrogen-bond acceptors (Lipinski definition) is 4. The maximum absolute atomic E-state index is 11.3. The summed E-state index contributed by atoms with van der Waals surface area (Å²) in [7, 11) is 0. The van der Waals surface area contributed by atoms with E-state index in [0.717, 1.165) is 32.0 Å². The fraction of sp³-hybridized carbons (Fsp3) is 0.800.